The molecule has 0 unspecified atom stereocenters. The molecule has 0 atom stereocenters. The van der Waals surface area contributed by atoms with Crippen molar-refractivity contribution in [2.45, 2.75) is 0 Å². The monoisotopic (exact) mass is 799 g/mol. The first-order valence-electron chi connectivity index (χ1n) is 21.7. The van der Waals surface area contributed by atoms with Crippen LogP contribution in [0, 0.1) is 0 Å². The second-order valence-corrected chi connectivity index (χ2v) is 16.5. The first-order valence-corrected chi connectivity index (χ1v) is 21.7. The van der Waals surface area contributed by atoms with E-state index in [4.69, 9.17) is 0 Å². The van der Waals surface area contributed by atoms with Crippen LogP contribution >= 0.6 is 0 Å². The summed E-state index contributed by atoms with van der Waals surface area (Å²) in [6.45, 7) is 0. The highest BCUT2D eigenvalue weighted by molar-refractivity contribution is 6.12. The molecule has 0 aliphatic rings. The van der Waals surface area contributed by atoms with Gasteiger partial charge in [-0.1, -0.05) is 200 Å². The van der Waals surface area contributed by atoms with Gasteiger partial charge in [-0.25, -0.2) is 0 Å². The van der Waals surface area contributed by atoms with Gasteiger partial charge in [0.2, 0.25) is 0 Å². The summed E-state index contributed by atoms with van der Waals surface area (Å²) in [7, 11) is 0. The van der Waals surface area contributed by atoms with Gasteiger partial charge in [0.05, 0.1) is 0 Å². The van der Waals surface area contributed by atoms with Gasteiger partial charge in [-0.15, -0.1) is 0 Å². The summed E-state index contributed by atoms with van der Waals surface area (Å²) < 4.78 is 0. The van der Waals surface area contributed by atoms with Crippen LogP contribution in [0.1, 0.15) is 0 Å². The Bertz CT molecular complexity index is 3660. The van der Waals surface area contributed by atoms with E-state index in [0.29, 0.717) is 0 Å². The van der Waals surface area contributed by atoms with E-state index in [2.05, 4.69) is 254 Å². The standard InChI is InChI=1S/C62H41N/c1-2-12-49-39-50(25-23-42(49)9-1)45-21-19-43(20-22-45)44-27-33-54(34-28-44)63(55-35-29-46(30-36-55)51-32-37-60-53(40-51)26-24-47-10-3-5-15-57(47)60)56-14-7-13-52(41-56)59-17-8-18-61-58-16-6-4-11-48(58)31-38-62(59)61/h1-41H. The number of fused-ring (bicyclic) bond motifs is 7. The number of nitrogens with zero attached hydrogens (tertiary/aromatic N) is 1. The normalized spacial score (nSPS) is 11.5. The van der Waals surface area contributed by atoms with Gasteiger partial charge >= 0.3 is 0 Å². The smallest absolute Gasteiger partial charge is 0.0467 e. The molecular formula is C62H41N. The van der Waals surface area contributed by atoms with Crippen molar-refractivity contribution in [3.05, 3.63) is 249 Å². The van der Waals surface area contributed by atoms with E-state index in [1.165, 1.54) is 98.4 Å². The predicted molar refractivity (Wildman–Crippen MR) is 270 cm³/mol. The molecule has 0 fully saturated rings. The largest absolute Gasteiger partial charge is 0.310 e. The molecule has 0 N–H and O–H groups in total. The van der Waals surface area contributed by atoms with Crippen molar-refractivity contribution in [2.24, 2.45) is 0 Å². The van der Waals surface area contributed by atoms with E-state index in [9.17, 15) is 0 Å². The van der Waals surface area contributed by atoms with Gasteiger partial charge < -0.3 is 4.90 Å². The third-order valence-electron chi connectivity index (χ3n) is 12.8. The molecule has 12 aromatic carbocycles. The van der Waals surface area contributed by atoms with Gasteiger partial charge in [-0.05, 0) is 147 Å². The molecule has 0 aliphatic heterocycles. The van der Waals surface area contributed by atoms with Gasteiger partial charge in [0.25, 0.3) is 0 Å². The van der Waals surface area contributed by atoms with Crippen molar-refractivity contribution in [2.75, 3.05) is 4.90 Å². The summed E-state index contributed by atoms with van der Waals surface area (Å²) in [6.07, 6.45) is 0. The first-order chi connectivity index (χ1) is 31.2. The fourth-order valence-electron chi connectivity index (χ4n) is 9.57. The third kappa shape index (κ3) is 6.68. The van der Waals surface area contributed by atoms with Crippen LogP contribution in [0.4, 0.5) is 17.1 Å². The van der Waals surface area contributed by atoms with Crippen molar-refractivity contribution in [1.82, 2.24) is 0 Å². The minimum Gasteiger partial charge on any atom is -0.310 e. The lowest BCUT2D eigenvalue weighted by molar-refractivity contribution is 1.28. The minimum absolute atomic E-state index is 1.10. The van der Waals surface area contributed by atoms with Gasteiger partial charge in [0.15, 0.2) is 0 Å². The Morgan fingerprint density at radius 1 is 0.190 bits per heavy atom. The Labute approximate surface area is 367 Å². The lowest BCUT2D eigenvalue weighted by Gasteiger charge is -2.26. The van der Waals surface area contributed by atoms with E-state index >= 15 is 0 Å². The van der Waals surface area contributed by atoms with Gasteiger partial charge in [-0.3, -0.25) is 0 Å². The van der Waals surface area contributed by atoms with Crippen LogP contribution in [0.2, 0.25) is 0 Å². The summed E-state index contributed by atoms with van der Waals surface area (Å²) in [4.78, 5) is 2.38. The molecule has 0 saturated heterocycles. The zero-order valence-corrected chi connectivity index (χ0v) is 34.6. The molecule has 0 radical (unpaired) electrons. The molecule has 0 bridgehead atoms. The van der Waals surface area contributed by atoms with Crippen molar-refractivity contribution in [3.63, 3.8) is 0 Å². The fraction of sp³-hybridized carbons (Fsp3) is 0. The number of anilines is 3. The SMILES string of the molecule is c1cc(-c2cccc3c2ccc2ccccc23)cc(N(c2ccc(-c3ccc(-c4ccc5ccccc5c4)cc3)cc2)c2ccc(-c3ccc4c(ccc5ccccc54)c3)cc2)c1. The summed E-state index contributed by atoms with van der Waals surface area (Å²) >= 11 is 0. The van der Waals surface area contributed by atoms with Gasteiger partial charge in [0, 0.05) is 17.1 Å². The van der Waals surface area contributed by atoms with E-state index in [-0.39, 0.29) is 0 Å². The molecule has 294 valence electrons. The Morgan fingerprint density at radius 2 is 0.619 bits per heavy atom. The minimum atomic E-state index is 1.10. The number of hydrogen-bond acceptors (Lipinski definition) is 1. The molecule has 1 nitrogen and oxygen atoms in total. The maximum Gasteiger partial charge on any atom is 0.0467 e. The van der Waals surface area contributed by atoms with Crippen molar-refractivity contribution in [3.8, 4) is 44.5 Å². The predicted octanol–water partition coefficient (Wildman–Crippen LogP) is 17.6. The van der Waals surface area contributed by atoms with Crippen molar-refractivity contribution >= 4 is 70.9 Å². The van der Waals surface area contributed by atoms with Gasteiger partial charge in [0.1, 0.15) is 0 Å². The van der Waals surface area contributed by atoms with E-state index < -0.39 is 0 Å². The topological polar surface area (TPSA) is 3.24 Å². The lowest BCUT2D eigenvalue weighted by Crippen LogP contribution is -2.10. The van der Waals surface area contributed by atoms with Crippen LogP contribution in [0.5, 0.6) is 0 Å². The molecule has 0 spiro atoms. The Balaban J connectivity index is 0.917. The maximum absolute atomic E-state index is 2.38. The zero-order chi connectivity index (χ0) is 41.7. The quantitative estimate of drug-likeness (QED) is 0.145. The van der Waals surface area contributed by atoms with E-state index in [1.807, 2.05) is 0 Å². The summed E-state index contributed by atoms with van der Waals surface area (Å²) in [5.74, 6) is 0. The number of benzene rings is 12. The van der Waals surface area contributed by atoms with E-state index in [0.717, 1.165) is 17.1 Å². The first kappa shape index (κ1) is 36.6. The van der Waals surface area contributed by atoms with Crippen molar-refractivity contribution in [1.29, 1.82) is 0 Å². The average Bonchev–Trinajstić information content (AvgIpc) is 3.36. The molecular weight excluding hydrogens is 759 g/mol. The molecule has 0 aliphatic carbocycles. The summed E-state index contributed by atoms with van der Waals surface area (Å²) in [6, 6.07) is 91.1. The van der Waals surface area contributed by atoms with Crippen LogP contribution < -0.4 is 4.90 Å². The summed E-state index contributed by atoms with van der Waals surface area (Å²) in [5.41, 5.74) is 12.9. The number of rotatable bonds is 7. The second-order valence-electron chi connectivity index (χ2n) is 16.5. The Morgan fingerprint density at radius 3 is 1.30 bits per heavy atom. The van der Waals surface area contributed by atoms with Crippen LogP contribution in [0.15, 0.2) is 249 Å². The van der Waals surface area contributed by atoms with E-state index in [1.54, 1.807) is 0 Å². The molecule has 0 saturated carbocycles. The molecule has 12 rings (SSSR count). The van der Waals surface area contributed by atoms with Crippen LogP contribution in [-0.4, -0.2) is 0 Å². The Hall–Kier alpha value is -8.26. The third-order valence-corrected chi connectivity index (χ3v) is 12.8. The molecule has 0 heterocycles. The van der Waals surface area contributed by atoms with Gasteiger partial charge in [-0.2, -0.15) is 0 Å². The molecule has 0 aromatic heterocycles. The highest BCUT2D eigenvalue weighted by atomic mass is 15.1. The number of hydrogen-bond donors (Lipinski definition) is 0. The summed E-state index contributed by atoms with van der Waals surface area (Å²) in [5, 5.41) is 12.7. The second kappa shape index (κ2) is 15.3. The van der Waals surface area contributed by atoms with Crippen molar-refractivity contribution < 1.29 is 0 Å². The van der Waals surface area contributed by atoms with Crippen LogP contribution in [-0.2, 0) is 0 Å². The molecule has 1 heteroatoms. The highest BCUT2D eigenvalue weighted by Gasteiger charge is 2.16. The molecule has 12 aromatic rings. The maximum atomic E-state index is 2.38. The van der Waals surface area contributed by atoms with Crippen LogP contribution in [0.3, 0.4) is 0 Å². The molecule has 63 heavy (non-hydrogen) atoms. The molecule has 0 amide bonds. The Kier molecular flexibility index (Phi) is 8.90. The highest BCUT2D eigenvalue weighted by Crippen LogP contribution is 2.41. The fourth-order valence-corrected chi connectivity index (χ4v) is 9.57. The average molecular weight is 800 g/mol. The lowest BCUT2D eigenvalue weighted by atomic mass is 9.94. The zero-order valence-electron chi connectivity index (χ0n) is 34.6. The van der Waals surface area contributed by atoms with Crippen LogP contribution in [0.25, 0.3) is 98.4 Å².